The minimum atomic E-state index is -1.15. The SMILES string of the molecule is CC(C)(c1ccc(Br)cc1)C(NC(=O)OCC1c2ccccc2-c2ccccc21)C(=O)O. The van der Waals surface area contributed by atoms with Crippen LogP contribution in [0.2, 0.25) is 0 Å². The van der Waals surface area contributed by atoms with Crippen LogP contribution in [0.5, 0.6) is 0 Å². The molecule has 1 amide bonds. The fourth-order valence-electron chi connectivity index (χ4n) is 4.35. The molecular formula is C26H24BrNO4. The van der Waals surface area contributed by atoms with Gasteiger partial charge in [-0.15, -0.1) is 0 Å². The maximum Gasteiger partial charge on any atom is 0.407 e. The standard InChI is InChI=1S/C26H24BrNO4/c1-26(2,16-11-13-17(27)14-12-16)23(24(29)30)28-25(31)32-15-22-20-9-5-3-7-18(20)19-8-4-6-10-21(19)22/h3-14,22-23H,15H2,1-2H3,(H,28,31)(H,29,30). The number of nitrogens with one attached hydrogen (secondary N) is 1. The summed E-state index contributed by atoms with van der Waals surface area (Å²) < 4.78 is 6.45. The maximum atomic E-state index is 12.7. The Morgan fingerprint density at radius 3 is 2.03 bits per heavy atom. The summed E-state index contributed by atoms with van der Waals surface area (Å²) >= 11 is 3.39. The number of alkyl carbamates (subject to hydrolysis) is 1. The van der Waals surface area contributed by atoms with Gasteiger partial charge in [-0.3, -0.25) is 0 Å². The van der Waals surface area contributed by atoms with E-state index in [0.29, 0.717) is 0 Å². The van der Waals surface area contributed by atoms with Gasteiger partial charge in [-0.1, -0.05) is 90.4 Å². The van der Waals surface area contributed by atoms with E-state index in [1.54, 1.807) is 13.8 Å². The van der Waals surface area contributed by atoms with Crippen molar-refractivity contribution in [2.24, 2.45) is 0 Å². The van der Waals surface area contributed by atoms with E-state index in [-0.39, 0.29) is 12.5 Å². The van der Waals surface area contributed by atoms with E-state index in [4.69, 9.17) is 4.74 Å². The van der Waals surface area contributed by atoms with E-state index >= 15 is 0 Å². The van der Waals surface area contributed by atoms with Crippen molar-refractivity contribution in [3.63, 3.8) is 0 Å². The second-order valence-corrected chi connectivity index (χ2v) is 9.39. The van der Waals surface area contributed by atoms with Crippen LogP contribution in [0.3, 0.4) is 0 Å². The molecule has 164 valence electrons. The van der Waals surface area contributed by atoms with Crippen molar-refractivity contribution in [1.82, 2.24) is 5.32 Å². The zero-order chi connectivity index (χ0) is 22.9. The molecule has 1 atom stereocenters. The van der Waals surface area contributed by atoms with Crippen molar-refractivity contribution in [1.29, 1.82) is 0 Å². The smallest absolute Gasteiger partial charge is 0.407 e. The highest BCUT2D eigenvalue weighted by molar-refractivity contribution is 9.10. The van der Waals surface area contributed by atoms with Crippen molar-refractivity contribution in [3.8, 4) is 11.1 Å². The van der Waals surface area contributed by atoms with Crippen molar-refractivity contribution in [2.45, 2.75) is 31.2 Å². The van der Waals surface area contributed by atoms with E-state index in [1.807, 2.05) is 60.7 Å². The van der Waals surface area contributed by atoms with Gasteiger partial charge in [0.15, 0.2) is 0 Å². The number of amides is 1. The minimum Gasteiger partial charge on any atom is -0.480 e. The first-order chi connectivity index (χ1) is 15.3. The lowest BCUT2D eigenvalue weighted by atomic mass is 9.77. The Balaban J connectivity index is 1.49. The third-order valence-electron chi connectivity index (χ3n) is 6.16. The number of carboxylic acids is 1. The molecule has 0 spiro atoms. The van der Waals surface area contributed by atoms with Gasteiger partial charge in [0.05, 0.1) is 0 Å². The maximum absolute atomic E-state index is 12.7. The molecule has 0 radical (unpaired) electrons. The predicted molar refractivity (Wildman–Crippen MR) is 127 cm³/mol. The predicted octanol–water partition coefficient (Wildman–Crippen LogP) is 5.72. The molecule has 3 aromatic carbocycles. The zero-order valence-electron chi connectivity index (χ0n) is 17.8. The quantitative estimate of drug-likeness (QED) is 0.460. The molecule has 5 nitrogen and oxygen atoms in total. The van der Waals surface area contributed by atoms with Gasteiger partial charge in [0.1, 0.15) is 12.6 Å². The van der Waals surface area contributed by atoms with Gasteiger partial charge in [0.2, 0.25) is 0 Å². The van der Waals surface area contributed by atoms with Crippen LogP contribution in [0, 0.1) is 0 Å². The number of fused-ring (bicyclic) bond motifs is 3. The Labute approximate surface area is 195 Å². The van der Waals surface area contributed by atoms with Crippen molar-refractivity contribution in [3.05, 3.63) is 94.0 Å². The Hall–Kier alpha value is -3.12. The first-order valence-electron chi connectivity index (χ1n) is 10.4. The molecule has 0 saturated carbocycles. The summed E-state index contributed by atoms with van der Waals surface area (Å²) in [6, 6.07) is 22.4. The molecule has 2 N–H and O–H groups in total. The molecular weight excluding hydrogens is 470 g/mol. The average molecular weight is 494 g/mol. The lowest BCUT2D eigenvalue weighted by Gasteiger charge is -2.32. The highest BCUT2D eigenvalue weighted by Crippen LogP contribution is 2.44. The summed E-state index contributed by atoms with van der Waals surface area (Å²) in [6.45, 7) is 3.71. The van der Waals surface area contributed by atoms with Crippen LogP contribution in [0.1, 0.15) is 36.5 Å². The normalized spacial score (nSPS) is 13.7. The summed E-state index contributed by atoms with van der Waals surface area (Å²) in [5.74, 6) is -1.21. The van der Waals surface area contributed by atoms with Crippen molar-refractivity contribution < 1.29 is 19.4 Å². The largest absolute Gasteiger partial charge is 0.480 e. The number of hydrogen-bond acceptors (Lipinski definition) is 3. The number of hydrogen-bond donors (Lipinski definition) is 2. The van der Waals surface area contributed by atoms with Crippen molar-refractivity contribution in [2.75, 3.05) is 6.61 Å². The second-order valence-electron chi connectivity index (χ2n) is 8.47. The number of halogens is 1. The third-order valence-corrected chi connectivity index (χ3v) is 6.69. The van der Waals surface area contributed by atoms with E-state index in [2.05, 4.69) is 33.4 Å². The fourth-order valence-corrected chi connectivity index (χ4v) is 4.62. The Kier molecular flexibility index (Phi) is 6.07. The molecule has 0 fully saturated rings. The molecule has 1 aliphatic rings. The van der Waals surface area contributed by atoms with Crippen LogP contribution in [0.4, 0.5) is 4.79 Å². The average Bonchev–Trinajstić information content (AvgIpc) is 3.10. The monoisotopic (exact) mass is 493 g/mol. The van der Waals surface area contributed by atoms with Crippen LogP contribution >= 0.6 is 15.9 Å². The summed E-state index contributed by atoms with van der Waals surface area (Å²) in [5.41, 5.74) is 4.43. The molecule has 0 aromatic heterocycles. The molecule has 32 heavy (non-hydrogen) atoms. The van der Waals surface area contributed by atoms with Crippen LogP contribution in [0.25, 0.3) is 11.1 Å². The number of carbonyl (C=O) groups excluding carboxylic acids is 1. The van der Waals surface area contributed by atoms with Gasteiger partial charge in [-0.25, -0.2) is 9.59 Å². The first kappa shape index (κ1) is 22.1. The van der Waals surface area contributed by atoms with E-state index < -0.39 is 23.5 Å². The number of carbonyl (C=O) groups is 2. The molecule has 0 saturated heterocycles. The van der Waals surface area contributed by atoms with Gasteiger partial charge < -0.3 is 15.2 Å². The lowest BCUT2D eigenvalue weighted by molar-refractivity contribution is -0.141. The van der Waals surface area contributed by atoms with Crippen LogP contribution in [0.15, 0.2) is 77.3 Å². The highest BCUT2D eigenvalue weighted by atomic mass is 79.9. The third kappa shape index (κ3) is 4.15. The lowest BCUT2D eigenvalue weighted by Crippen LogP contribution is -2.52. The highest BCUT2D eigenvalue weighted by Gasteiger charge is 2.39. The van der Waals surface area contributed by atoms with Crippen molar-refractivity contribution >= 4 is 28.0 Å². The minimum absolute atomic E-state index is 0.0871. The fraction of sp³-hybridized carbons (Fsp3) is 0.231. The number of benzene rings is 3. The number of ether oxygens (including phenoxy) is 1. The number of carboxylic acid groups (broad SMARTS) is 1. The van der Waals surface area contributed by atoms with Gasteiger partial charge >= 0.3 is 12.1 Å². The van der Waals surface area contributed by atoms with Crippen LogP contribution in [-0.4, -0.2) is 29.8 Å². The number of aliphatic carboxylic acids is 1. The molecule has 0 aliphatic heterocycles. The summed E-state index contributed by atoms with van der Waals surface area (Å²) in [4.78, 5) is 24.7. The summed E-state index contributed by atoms with van der Waals surface area (Å²) in [6.07, 6.45) is -0.746. The molecule has 3 aromatic rings. The van der Waals surface area contributed by atoms with E-state index in [9.17, 15) is 14.7 Å². The topological polar surface area (TPSA) is 75.6 Å². The zero-order valence-corrected chi connectivity index (χ0v) is 19.4. The molecule has 4 rings (SSSR count). The van der Waals surface area contributed by atoms with Gasteiger partial charge in [0.25, 0.3) is 0 Å². The second kappa shape index (κ2) is 8.79. The molecule has 0 heterocycles. The van der Waals surface area contributed by atoms with E-state index in [1.165, 1.54) is 0 Å². The van der Waals surface area contributed by atoms with Gasteiger partial charge in [-0.2, -0.15) is 0 Å². The molecule has 0 bridgehead atoms. The Morgan fingerprint density at radius 1 is 0.969 bits per heavy atom. The Morgan fingerprint density at radius 2 is 1.50 bits per heavy atom. The summed E-state index contributed by atoms with van der Waals surface area (Å²) in [5, 5.41) is 12.4. The number of rotatable bonds is 6. The molecule has 6 heteroatoms. The van der Waals surface area contributed by atoms with Gasteiger partial charge in [-0.05, 0) is 39.9 Å². The first-order valence-corrected chi connectivity index (χ1v) is 11.2. The van der Waals surface area contributed by atoms with E-state index in [0.717, 1.165) is 32.3 Å². The van der Waals surface area contributed by atoms with Gasteiger partial charge in [0, 0.05) is 15.8 Å². The van der Waals surface area contributed by atoms with Crippen LogP contribution in [-0.2, 0) is 14.9 Å². The Bertz CT molecular complexity index is 1110. The van der Waals surface area contributed by atoms with Crippen LogP contribution < -0.4 is 5.32 Å². The molecule has 1 unspecified atom stereocenters. The molecule has 1 aliphatic carbocycles. The summed E-state index contributed by atoms with van der Waals surface area (Å²) in [7, 11) is 0.